The Balaban J connectivity index is 2.13. The van der Waals surface area contributed by atoms with Crippen LogP contribution >= 0.6 is 0 Å². The quantitative estimate of drug-likeness (QED) is 0.899. The lowest BCUT2D eigenvalue weighted by Crippen LogP contribution is -2.06. The van der Waals surface area contributed by atoms with Crippen LogP contribution in [0.5, 0.6) is 5.88 Å². The summed E-state index contributed by atoms with van der Waals surface area (Å²) in [5, 5.41) is 2.71. The lowest BCUT2D eigenvalue weighted by molar-refractivity contribution is 0.276. The number of benzene rings is 1. The number of aromatic nitrogens is 1. The van der Waals surface area contributed by atoms with E-state index in [0.717, 1.165) is 11.6 Å². The second kappa shape index (κ2) is 6.13. The van der Waals surface area contributed by atoms with E-state index >= 15 is 0 Å². The summed E-state index contributed by atoms with van der Waals surface area (Å²) < 4.78 is 32.2. The highest BCUT2D eigenvalue weighted by atomic mass is 19.1. The molecule has 0 aliphatic rings. The molecule has 0 aliphatic carbocycles. The lowest BCUT2D eigenvalue weighted by Gasteiger charge is -2.09. The van der Waals surface area contributed by atoms with E-state index in [2.05, 4.69) is 10.3 Å². The third-order valence-corrected chi connectivity index (χ3v) is 2.46. The van der Waals surface area contributed by atoms with Gasteiger partial charge in [0.15, 0.2) is 17.5 Å². The number of halogens is 2. The third kappa shape index (κ3) is 3.40. The lowest BCUT2D eigenvalue weighted by atomic mass is 10.2. The van der Waals surface area contributed by atoms with Crippen LogP contribution in [-0.2, 0) is 6.61 Å². The van der Waals surface area contributed by atoms with Crippen LogP contribution in [0.4, 0.5) is 14.6 Å². The highest BCUT2D eigenvalue weighted by Gasteiger charge is 2.12. The van der Waals surface area contributed by atoms with E-state index in [1.54, 1.807) is 6.92 Å². The number of hydrogen-bond donors (Lipinski definition) is 1. The van der Waals surface area contributed by atoms with Crippen LogP contribution < -0.4 is 10.1 Å². The number of rotatable bonds is 5. The molecular weight excluding hydrogens is 250 g/mol. The van der Waals surface area contributed by atoms with Crippen LogP contribution in [0.25, 0.3) is 0 Å². The first-order valence-corrected chi connectivity index (χ1v) is 5.97. The first kappa shape index (κ1) is 13.3. The van der Waals surface area contributed by atoms with E-state index in [1.807, 2.05) is 30.3 Å². The monoisotopic (exact) mass is 264 g/mol. The first-order valence-electron chi connectivity index (χ1n) is 5.97. The van der Waals surface area contributed by atoms with Crippen molar-refractivity contribution < 1.29 is 13.5 Å². The molecule has 0 spiro atoms. The SMILES string of the molecule is CCNc1nc(OCc2ccccc2)c(F)cc1F. The van der Waals surface area contributed by atoms with E-state index < -0.39 is 11.6 Å². The molecule has 0 amide bonds. The minimum atomic E-state index is -0.810. The predicted octanol–water partition coefficient (Wildman–Crippen LogP) is 3.37. The summed E-state index contributed by atoms with van der Waals surface area (Å²) in [5.41, 5.74) is 0.887. The van der Waals surface area contributed by atoms with Gasteiger partial charge in [-0.05, 0) is 12.5 Å². The molecule has 0 fully saturated rings. The molecule has 19 heavy (non-hydrogen) atoms. The van der Waals surface area contributed by atoms with E-state index in [1.165, 1.54) is 0 Å². The number of ether oxygens (including phenoxy) is 1. The minimum absolute atomic E-state index is 0.00744. The summed E-state index contributed by atoms with van der Waals surface area (Å²) in [7, 11) is 0. The summed E-state index contributed by atoms with van der Waals surface area (Å²) in [5.74, 6) is -1.75. The van der Waals surface area contributed by atoms with Crippen molar-refractivity contribution in [3.63, 3.8) is 0 Å². The van der Waals surface area contributed by atoms with Gasteiger partial charge in [-0.25, -0.2) is 8.78 Å². The number of hydrogen-bond acceptors (Lipinski definition) is 3. The van der Waals surface area contributed by atoms with E-state index in [9.17, 15) is 8.78 Å². The number of nitrogens with zero attached hydrogens (tertiary/aromatic N) is 1. The van der Waals surface area contributed by atoms with Crippen molar-refractivity contribution in [2.24, 2.45) is 0 Å². The molecule has 0 aliphatic heterocycles. The van der Waals surface area contributed by atoms with Gasteiger partial charge in [0, 0.05) is 12.6 Å². The van der Waals surface area contributed by atoms with Crippen molar-refractivity contribution >= 4 is 5.82 Å². The van der Waals surface area contributed by atoms with Gasteiger partial charge in [-0.1, -0.05) is 30.3 Å². The number of pyridine rings is 1. The van der Waals surface area contributed by atoms with Crippen molar-refractivity contribution in [3.05, 3.63) is 53.6 Å². The Morgan fingerprint density at radius 1 is 1.16 bits per heavy atom. The molecule has 0 saturated carbocycles. The average molecular weight is 264 g/mol. The van der Waals surface area contributed by atoms with Crippen LogP contribution in [0.15, 0.2) is 36.4 Å². The minimum Gasteiger partial charge on any atom is -0.471 e. The maximum absolute atomic E-state index is 13.5. The molecule has 1 aromatic carbocycles. The van der Waals surface area contributed by atoms with Crippen LogP contribution in [0, 0.1) is 11.6 Å². The average Bonchev–Trinajstić information content (AvgIpc) is 2.42. The molecule has 2 rings (SSSR count). The molecule has 1 aromatic heterocycles. The Morgan fingerprint density at radius 3 is 2.58 bits per heavy atom. The first-order chi connectivity index (χ1) is 9.20. The van der Waals surface area contributed by atoms with Gasteiger partial charge in [0.1, 0.15) is 6.61 Å². The van der Waals surface area contributed by atoms with Crippen molar-refractivity contribution in [2.75, 3.05) is 11.9 Å². The Bertz CT molecular complexity index is 547. The zero-order chi connectivity index (χ0) is 13.7. The summed E-state index contributed by atoms with van der Waals surface area (Å²) in [6.45, 7) is 2.48. The number of nitrogens with one attached hydrogen (secondary N) is 1. The van der Waals surface area contributed by atoms with E-state index in [-0.39, 0.29) is 18.3 Å². The van der Waals surface area contributed by atoms with Gasteiger partial charge in [0.2, 0.25) is 0 Å². The maximum atomic E-state index is 13.5. The van der Waals surface area contributed by atoms with Crippen molar-refractivity contribution in [1.29, 1.82) is 0 Å². The molecule has 3 nitrogen and oxygen atoms in total. The highest BCUT2D eigenvalue weighted by molar-refractivity contribution is 5.39. The van der Waals surface area contributed by atoms with Gasteiger partial charge in [-0.15, -0.1) is 0 Å². The summed E-state index contributed by atoms with van der Waals surface area (Å²) >= 11 is 0. The topological polar surface area (TPSA) is 34.2 Å². The Kier molecular flexibility index (Phi) is 4.28. The van der Waals surface area contributed by atoms with Crippen molar-refractivity contribution in [3.8, 4) is 5.88 Å². The largest absolute Gasteiger partial charge is 0.471 e. The molecule has 0 unspecified atom stereocenters. The standard InChI is InChI=1S/C14H14F2N2O/c1-2-17-13-11(15)8-12(16)14(18-13)19-9-10-6-4-3-5-7-10/h3-8H,2,9H2,1H3,(H,17,18). The molecule has 1 N–H and O–H groups in total. The molecule has 100 valence electrons. The fraction of sp³-hybridized carbons (Fsp3) is 0.214. The van der Waals surface area contributed by atoms with Crippen molar-refractivity contribution in [1.82, 2.24) is 4.98 Å². The summed E-state index contributed by atoms with van der Waals surface area (Å²) in [4.78, 5) is 3.79. The second-order valence-corrected chi connectivity index (χ2v) is 3.91. The normalized spacial score (nSPS) is 10.3. The maximum Gasteiger partial charge on any atom is 0.252 e. The Labute approximate surface area is 110 Å². The van der Waals surface area contributed by atoms with Gasteiger partial charge in [-0.2, -0.15) is 4.98 Å². The van der Waals surface area contributed by atoms with Crippen LogP contribution in [-0.4, -0.2) is 11.5 Å². The molecule has 5 heteroatoms. The van der Waals surface area contributed by atoms with Crippen LogP contribution in [0.1, 0.15) is 12.5 Å². The molecule has 0 bridgehead atoms. The summed E-state index contributed by atoms with van der Waals surface area (Å²) in [6, 6.07) is 10.1. The third-order valence-electron chi connectivity index (χ3n) is 2.46. The fourth-order valence-electron chi connectivity index (χ4n) is 1.57. The molecule has 0 atom stereocenters. The smallest absolute Gasteiger partial charge is 0.252 e. The fourth-order valence-corrected chi connectivity index (χ4v) is 1.57. The molecule has 0 radical (unpaired) electrons. The second-order valence-electron chi connectivity index (χ2n) is 3.91. The molecule has 0 saturated heterocycles. The van der Waals surface area contributed by atoms with Gasteiger partial charge in [-0.3, -0.25) is 0 Å². The molecule has 1 heterocycles. The Morgan fingerprint density at radius 2 is 1.89 bits per heavy atom. The highest BCUT2D eigenvalue weighted by Crippen LogP contribution is 2.21. The predicted molar refractivity (Wildman–Crippen MR) is 69.1 cm³/mol. The van der Waals surface area contributed by atoms with Crippen molar-refractivity contribution in [2.45, 2.75) is 13.5 Å². The molecule has 2 aromatic rings. The Hall–Kier alpha value is -2.17. The van der Waals surface area contributed by atoms with E-state index in [4.69, 9.17) is 4.74 Å². The molecular formula is C14H14F2N2O. The number of anilines is 1. The van der Waals surface area contributed by atoms with Crippen LogP contribution in [0.2, 0.25) is 0 Å². The zero-order valence-corrected chi connectivity index (χ0v) is 10.5. The van der Waals surface area contributed by atoms with Gasteiger partial charge in [0.05, 0.1) is 0 Å². The zero-order valence-electron chi connectivity index (χ0n) is 10.5. The van der Waals surface area contributed by atoms with E-state index in [0.29, 0.717) is 6.54 Å². The van der Waals surface area contributed by atoms with Gasteiger partial charge in [0.25, 0.3) is 5.88 Å². The van der Waals surface area contributed by atoms with Gasteiger partial charge < -0.3 is 10.1 Å². The van der Waals surface area contributed by atoms with Gasteiger partial charge >= 0.3 is 0 Å². The van der Waals surface area contributed by atoms with Crippen LogP contribution in [0.3, 0.4) is 0 Å². The summed E-state index contributed by atoms with van der Waals surface area (Å²) in [6.07, 6.45) is 0.